The van der Waals surface area contributed by atoms with Crippen LogP contribution in [0, 0.1) is 23.7 Å². The lowest BCUT2D eigenvalue weighted by atomic mass is 9.53. The topological polar surface area (TPSA) is 117 Å². The number of hydrogen-bond donors (Lipinski definition) is 3. The maximum atomic E-state index is 12.5. The van der Waals surface area contributed by atoms with E-state index in [0.29, 0.717) is 43.7 Å². The fraction of sp³-hybridized carbons (Fsp3) is 0.615. The van der Waals surface area contributed by atoms with Gasteiger partial charge in [0.1, 0.15) is 0 Å². The third-order valence-electron chi connectivity index (χ3n) is 8.16. The third kappa shape index (κ3) is 5.60. The number of para-hydroxylation sites is 1. The Labute approximate surface area is 205 Å². The molecule has 1 saturated heterocycles. The smallest absolute Gasteiger partial charge is 0.321 e. The summed E-state index contributed by atoms with van der Waals surface area (Å²) in [6.45, 7) is 0.373. The fourth-order valence-corrected chi connectivity index (χ4v) is 7.00. The van der Waals surface area contributed by atoms with E-state index in [1.807, 2.05) is 30.3 Å². The summed E-state index contributed by atoms with van der Waals surface area (Å²) >= 11 is 0. The van der Waals surface area contributed by atoms with Crippen molar-refractivity contribution in [3.05, 3.63) is 30.3 Å². The zero-order valence-corrected chi connectivity index (χ0v) is 20.0. The van der Waals surface area contributed by atoms with Gasteiger partial charge in [0.05, 0.1) is 5.92 Å². The van der Waals surface area contributed by atoms with Gasteiger partial charge in [0.2, 0.25) is 0 Å². The van der Waals surface area contributed by atoms with Crippen LogP contribution in [0.25, 0.3) is 0 Å². The molecule has 5 aliphatic rings. The van der Waals surface area contributed by atoms with Crippen molar-refractivity contribution in [1.82, 2.24) is 15.5 Å². The zero-order valence-electron chi connectivity index (χ0n) is 20.0. The number of imide groups is 1. The maximum Gasteiger partial charge on any atom is 0.321 e. The number of rotatable bonds is 5. The monoisotopic (exact) mass is 482 g/mol. The highest BCUT2D eigenvalue weighted by molar-refractivity contribution is 5.96. The molecule has 9 nitrogen and oxygen atoms in total. The van der Waals surface area contributed by atoms with Crippen LogP contribution in [0.4, 0.5) is 15.3 Å². The first-order chi connectivity index (χ1) is 16.9. The molecule has 0 atom stereocenters. The molecule has 6 rings (SSSR count). The summed E-state index contributed by atoms with van der Waals surface area (Å²) < 4.78 is 5.18. The number of nitrogens with zero attached hydrogens (tertiary/aromatic N) is 1. The third-order valence-corrected chi connectivity index (χ3v) is 8.16. The number of amides is 5. The van der Waals surface area contributed by atoms with Crippen LogP contribution in [0.3, 0.4) is 0 Å². The van der Waals surface area contributed by atoms with Crippen molar-refractivity contribution in [3.63, 3.8) is 0 Å². The van der Waals surface area contributed by atoms with Crippen LogP contribution in [0.5, 0.6) is 0 Å². The highest BCUT2D eigenvalue weighted by atomic mass is 16.5. The molecule has 0 aromatic heterocycles. The summed E-state index contributed by atoms with van der Waals surface area (Å²) in [6.07, 6.45) is 7.74. The van der Waals surface area contributed by atoms with Crippen LogP contribution in [0.1, 0.15) is 51.4 Å². The molecule has 1 aromatic carbocycles. The number of hydrogen-bond acceptors (Lipinski definition) is 5. The van der Waals surface area contributed by atoms with E-state index in [1.165, 1.54) is 19.3 Å². The van der Waals surface area contributed by atoms with Crippen molar-refractivity contribution >= 4 is 29.6 Å². The summed E-state index contributed by atoms with van der Waals surface area (Å²) in [5, 5.41) is 8.26. The van der Waals surface area contributed by atoms with Gasteiger partial charge in [-0.25, -0.2) is 9.59 Å². The molecule has 1 heterocycles. The van der Waals surface area contributed by atoms with E-state index >= 15 is 0 Å². The number of piperidine rings is 1. The van der Waals surface area contributed by atoms with Crippen LogP contribution in [-0.2, 0) is 14.3 Å². The summed E-state index contributed by atoms with van der Waals surface area (Å²) in [4.78, 5) is 51.2. The van der Waals surface area contributed by atoms with Gasteiger partial charge in [-0.15, -0.1) is 0 Å². The SMILES string of the molecule is O=C(COC(=O)C1CCN(C(=O)Nc2ccccc2)CC1)NC(=O)NC12CC3CC(CC(C3)C1)C2. The highest BCUT2D eigenvalue weighted by Crippen LogP contribution is 2.55. The van der Waals surface area contributed by atoms with Gasteiger partial charge in [-0.05, 0) is 81.3 Å². The molecule has 188 valence electrons. The number of nitrogens with one attached hydrogen (secondary N) is 3. The lowest BCUT2D eigenvalue weighted by Gasteiger charge is -2.56. The molecule has 0 radical (unpaired) electrons. The Morgan fingerprint density at radius 2 is 1.51 bits per heavy atom. The molecule has 3 N–H and O–H groups in total. The summed E-state index contributed by atoms with van der Waals surface area (Å²) in [5.41, 5.74) is 0.536. The lowest BCUT2D eigenvalue weighted by molar-refractivity contribution is -0.153. The normalized spacial score (nSPS) is 29.4. The van der Waals surface area contributed by atoms with E-state index in [9.17, 15) is 19.2 Å². The molecule has 0 unspecified atom stereocenters. The lowest BCUT2D eigenvalue weighted by Crippen LogP contribution is -2.62. The van der Waals surface area contributed by atoms with E-state index < -0.39 is 24.5 Å². The van der Waals surface area contributed by atoms with Crippen LogP contribution in [0.15, 0.2) is 30.3 Å². The molecule has 5 fully saturated rings. The standard InChI is InChI=1S/C26H34N4O5/c31-22(28-24(33)29-26-13-17-10-18(14-26)12-19(11-17)15-26)16-35-23(32)20-6-8-30(9-7-20)25(34)27-21-4-2-1-3-5-21/h1-5,17-20H,6-16H2,(H,27,34)(H2,28,29,31,33). The molecule has 5 amide bonds. The van der Waals surface area contributed by atoms with Crippen LogP contribution >= 0.6 is 0 Å². The molecule has 1 aromatic rings. The first kappa shape index (κ1) is 23.6. The summed E-state index contributed by atoms with van der Waals surface area (Å²) in [7, 11) is 0. The summed E-state index contributed by atoms with van der Waals surface area (Å²) in [5.74, 6) is 0.603. The number of anilines is 1. The second kappa shape index (κ2) is 9.87. The van der Waals surface area contributed by atoms with Gasteiger partial charge in [-0.2, -0.15) is 0 Å². The van der Waals surface area contributed by atoms with E-state index in [-0.39, 0.29) is 17.5 Å². The van der Waals surface area contributed by atoms with Crippen LogP contribution < -0.4 is 16.0 Å². The minimum atomic E-state index is -0.625. The van der Waals surface area contributed by atoms with Gasteiger partial charge in [0.25, 0.3) is 5.91 Å². The predicted octanol–water partition coefficient (Wildman–Crippen LogP) is 3.27. The second-order valence-corrected chi connectivity index (χ2v) is 10.9. The van der Waals surface area contributed by atoms with E-state index in [4.69, 9.17) is 4.74 Å². The Morgan fingerprint density at radius 3 is 2.11 bits per heavy atom. The highest BCUT2D eigenvalue weighted by Gasteiger charge is 2.51. The van der Waals surface area contributed by atoms with Crippen molar-refractivity contribution in [2.75, 3.05) is 25.0 Å². The number of carbonyl (C=O) groups excluding carboxylic acids is 4. The molecule has 4 saturated carbocycles. The Hall–Kier alpha value is -3.10. The van der Waals surface area contributed by atoms with E-state index in [2.05, 4.69) is 16.0 Å². The number of benzene rings is 1. The van der Waals surface area contributed by atoms with E-state index in [1.54, 1.807) is 4.90 Å². The Kier molecular flexibility index (Phi) is 6.67. The van der Waals surface area contributed by atoms with Crippen molar-refractivity contribution in [3.8, 4) is 0 Å². The molecule has 4 bridgehead atoms. The Bertz CT molecular complexity index is 938. The van der Waals surface area contributed by atoms with Crippen molar-refractivity contribution < 1.29 is 23.9 Å². The molecule has 0 spiro atoms. The second-order valence-electron chi connectivity index (χ2n) is 10.9. The van der Waals surface area contributed by atoms with Crippen LogP contribution in [-0.4, -0.2) is 54.1 Å². The van der Waals surface area contributed by atoms with Gasteiger partial charge >= 0.3 is 18.0 Å². The molecule has 4 aliphatic carbocycles. The van der Waals surface area contributed by atoms with Crippen molar-refractivity contribution in [2.45, 2.75) is 56.9 Å². The number of urea groups is 2. The average Bonchev–Trinajstić information content (AvgIpc) is 2.82. The summed E-state index contributed by atoms with van der Waals surface area (Å²) in [6, 6.07) is 8.51. The molecule has 9 heteroatoms. The molecule has 1 aliphatic heterocycles. The molecule has 35 heavy (non-hydrogen) atoms. The number of likely N-dealkylation sites (tertiary alicyclic amines) is 1. The van der Waals surface area contributed by atoms with Gasteiger partial charge in [0, 0.05) is 24.3 Å². The molecular formula is C26H34N4O5. The minimum Gasteiger partial charge on any atom is -0.455 e. The van der Waals surface area contributed by atoms with Crippen molar-refractivity contribution in [2.24, 2.45) is 23.7 Å². The quantitative estimate of drug-likeness (QED) is 0.557. The van der Waals surface area contributed by atoms with Gasteiger partial charge in [0.15, 0.2) is 6.61 Å². The fourth-order valence-electron chi connectivity index (χ4n) is 7.00. The predicted molar refractivity (Wildman–Crippen MR) is 128 cm³/mol. The zero-order chi connectivity index (χ0) is 24.4. The minimum absolute atomic E-state index is 0.184. The van der Waals surface area contributed by atoms with Gasteiger partial charge in [-0.3, -0.25) is 14.9 Å². The number of carbonyl (C=O) groups is 4. The number of ether oxygens (including phenoxy) is 1. The first-order valence-electron chi connectivity index (χ1n) is 12.8. The average molecular weight is 483 g/mol. The van der Waals surface area contributed by atoms with E-state index in [0.717, 1.165) is 24.9 Å². The Balaban J connectivity index is 1.01. The maximum absolute atomic E-state index is 12.5. The van der Waals surface area contributed by atoms with Gasteiger partial charge in [-0.1, -0.05) is 18.2 Å². The van der Waals surface area contributed by atoms with Crippen molar-refractivity contribution in [1.29, 1.82) is 0 Å². The largest absolute Gasteiger partial charge is 0.455 e. The first-order valence-corrected chi connectivity index (χ1v) is 12.8. The van der Waals surface area contributed by atoms with Crippen LogP contribution in [0.2, 0.25) is 0 Å². The number of esters is 1. The Morgan fingerprint density at radius 1 is 0.914 bits per heavy atom. The molecular weight excluding hydrogens is 448 g/mol. The van der Waals surface area contributed by atoms with Gasteiger partial charge < -0.3 is 20.3 Å².